The molecule has 0 spiro atoms. The minimum Gasteiger partial charge on any atom is -0.356 e. The molecule has 0 unspecified atom stereocenters. The molecule has 1 amide bonds. The van der Waals surface area contributed by atoms with Crippen LogP contribution in [0, 0.1) is 6.92 Å². The van der Waals surface area contributed by atoms with E-state index in [4.69, 9.17) is 11.6 Å². The van der Waals surface area contributed by atoms with Crippen LogP contribution in [0.15, 0.2) is 30.6 Å². The van der Waals surface area contributed by atoms with Gasteiger partial charge in [-0.05, 0) is 44.0 Å². The molecule has 1 saturated heterocycles. The number of nitrogens with zero attached hydrogens (tertiary/aromatic N) is 5. The molecule has 0 radical (unpaired) electrons. The Hall–Kier alpha value is -2.67. The minimum atomic E-state index is -0.0733. The molecule has 8 heteroatoms. The number of amides is 1. The molecule has 1 N–H and O–H groups in total. The van der Waals surface area contributed by atoms with E-state index in [1.54, 1.807) is 24.1 Å². The molecule has 140 valence electrons. The van der Waals surface area contributed by atoms with Crippen LogP contribution in [0.25, 0.3) is 10.9 Å². The number of carbonyl (C=O) groups excluding carboxylic acids is 1. The van der Waals surface area contributed by atoms with Crippen LogP contribution in [0.1, 0.15) is 29.0 Å². The lowest BCUT2D eigenvalue weighted by molar-refractivity contribution is 0.0921. The predicted molar refractivity (Wildman–Crippen MR) is 105 cm³/mol. The van der Waals surface area contributed by atoms with E-state index in [1.165, 1.54) is 0 Å². The van der Waals surface area contributed by atoms with Crippen molar-refractivity contribution in [3.8, 4) is 0 Å². The lowest BCUT2D eigenvalue weighted by Crippen LogP contribution is -2.45. The second kappa shape index (κ2) is 7.15. The Morgan fingerprint density at radius 3 is 2.70 bits per heavy atom. The first-order chi connectivity index (χ1) is 13.0. The van der Waals surface area contributed by atoms with Crippen LogP contribution in [0.4, 0.5) is 5.82 Å². The number of benzene rings is 1. The maximum atomic E-state index is 12.5. The number of fused-ring (bicyclic) bond motifs is 1. The smallest absolute Gasteiger partial charge is 0.269 e. The Balaban J connectivity index is 1.44. The van der Waals surface area contributed by atoms with E-state index in [0.717, 1.165) is 48.3 Å². The summed E-state index contributed by atoms with van der Waals surface area (Å²) in [5.41, 5.74) is 2.31. The average molecular weight is 385 g/mol. The van der Waals surface area contributed by atoms with Gasteiger partial charge in [-0.15, -0.1) is 0 Å². The molecule has 0 saturated carbocycles. The van der Waals surface area contributed by atoms with Gasteiger partial charge in [0.2, 0.25) is 0 Å². The van der Waals surface area contributed by atoms with Crippen molar-refractivity contribution in [2.24, 2.45) is 7.05 Å². The summed E-state index contributed by atoms with van der Waals surface area (Å²) in [6, 6.07) is 7.60. The molecule has 3 heterocycles. The van der Waals surface area contributed by atoms with E-state index in [2.05, 4.69) is 25.3 Å². The van der Waals surface area contributed by atoms with Crippen LogP contribution < -0.4 is 10.2 Å². The second-order valence-electron chi connectivity index (χ2n) is 6.89. The van der Waals surface area contributed by atoms with Crippen molar-refractivity contribution in [3.63, 3.8) is 0 Å². The Morgan fingerprint density at radius 2 is 2.00 bits per heavy atom. The SMILES string of the molecule is Cc1cc(C(=O)NC2CCN(c3ncnc4ccc(Cl)cc34)CC2)n(C)n1. The zero-order valence-electron chi connectivity index (χ0n) is 15.3. The highest BCUT2D eigenvalue weighted by Gasteiger charge is 2.24. The van der Waals surface area contributed by atoms with Crippen molar-refractivity contribution >= 4 is 34.2 Å². The van der Waals surface area contributed by atoms with E-state index in [0.29, 0.717) is 10.7 Å². The van der Waals surface area contributed by atoms with Crippen molar-refractivity contribution in [2.75, 3.05) is 18.0 Å². The van der Waals surface area contributed by atoms with Crippen LogP contribution in [0.3, 0.4) is 0 Å². The number of hydrogen-bond donors (Lipinski definition) is 1. The van der Waals surface area contributed by atoms with Gasteiger partial charge in [0.1, 0.15) is 17.8 Å². The van der Waals surface area contributed by atoms with Gasteiger partial charge < -0.3 is 10.2 Å². The highest BCUT2D eigenvalue weighted by atomic mass is 35.5. The van der Waals surface area contributed by atoms with Gasteiger partial charge in [0.05, 0.1) is 11.2 Å². The second-order valence-corrected chi connectivity index (χ2v) is 7.32. The first-order valence-electron chi connectivity index (χ1n) is 8.98. The average Bonchev–Trinajstić information content (AvgIpc) is 3.00. The van der Waals surface area contributed by atoms with E-state index in [1.807, 2.05) is 25.1 Å². The molecule has 7 nitrogen and oxygen atoms in total. The van der Waals surface area contributed by atoms with Gasteiger partial charge in [0.25, 0.3) is 5.91 Å². The van der Waals surface area contributed by atoms with E-state index >= 15 is 0 Å². The van der Waals surface area contributed by atoms with Crippen molar-refractivity contribution in [1.29, 1.82) is 0 Å². The predicted octanol–water partition coefficient (Wildman–Crippen LogP) is 2.72. The maximum Gasteiger partial charge on any atom is 0.269 e. The largest absolute Gasteiger partial charge is 0.356 e. The Kier molecular flexibility index (Phi) is 4.70. The standard InChI is InChI=1S/C19H21ClN6O/c1-12-9-17(25(2)24-12)19(27)23-14-5-7-26(8-6-14)18-15-10-13(20)3-4-16(15)21-11-22-18/h3-4,9-11,14H,5-8H2,1-2H3,(H,23,27). The fourth-order valence-corrected chi connectivity index (χ4v) is 3.76. The Morgan fingerprint density at radius 1 is 1.22 bits per heavy atom. The lowest BCUT2D eigenvalue weighted by atomic mass is 10.0. The quantitative estimate of drug-likeness (QED) is 0.751. The highest BCUT2D eigenvalue weighted by Crippen LogP contribution is 2.28. The summed E-state index contributed by atoms with van der Waals surface area (Å²) in [5, 5.41) is 8.99. The van der Waals surface area contributed by atoms with Gasteiger partial charge in [0, 0.05) is 36.6 Å². The monoisotopic (exact) mass is 384 g/mol. The molecular formula is C19H21ClN6O. The number of rotatable bonds is 3. The van der Waals surface area contributed by atoms with Crippen molar-refractivity contribution in [1.82, 2.24) is 25.1 Å². The molecule has 4 rings (SSSR count). The van der Waals surface area contributed by atoms with Crippen LogP contribution in [0.2, 0.25) is 5.02 Å². The molecule has 3 aromatic rings. The number of anilines is 1. The molecule has 1 aliphatic rings. The normalized spacial score (nSPS) is 15.3. The fourth-order valence-electron chi connectivity index (χ4n) is 3.59. The van der Waals surface area contributed by atoms with E-state index < -0.39 is 0 Å². The molecule has 2 aromatic heterocycles. The van der Waals surface area contributed by atoms with Crippen LogP contribution in [-0.2, 0) is 7.05 Å². The highest BCUT2D eigenvalue weighted by molar-refractivity contribution is 6.31. The first kappa shape index (κ1) is 17.7. The van der Waals surface area contributed by atoms with Crippen LogP contribution >= 0.6 is 11.6 Å². The molecule has 1 aliphatic heterocycles. The van der Waals surface area contributed by atoms with Crippen molar-refractivity contribution in [3.05, 3.63) is 47.0 Å². The number of piperidine rings is 1. The van der Waals surface area contributed by atoms with E-state index in [-0.39, 0.29) is 11.9 Å². The third-order valence-corrected chi connectivity index (χ3v) is 5.18. The summed E-state index contributed by atoms with van der Waals surface area (Å²) in [4.78, 5) is 23.5. The first-order valence-corrected chi connectivity index (χ1v) is 9.36. The van der Waals surface area contributed by atoms with E-state index in [9.17, 15) is 4.79 Å². The summed E-state index contributed by atoms with van der Waals surface area (Å²) in [7, 11) is 1.79. The lowest BCUT2D eigenvalue weighted by Gasteiger charge is -2.33. The summed E-state index contributed by atoms with van der Waals surface area (Å²) in [6.45, 7) is 3.51. The van der Waals surface area contributed by atoms with Crippen molar-refractivity contribution in [2.45, 2.75) is 25.8 Å². The summed E-state index contributed by atoms with van der Waals surface area (Å²) < 4.78 is 1.62. The molecule has 1 fully saturated rings. The van der Waals surface area contributed by atoms with Gasteiger partial charge in [-0.3, -0.25) is 9.48 Å². The maximum absolute atomic E-state index is 12.5. The number of hydrogen-bond acceptors (Lipinski definition) is 5. The summed E-state index contributed by atoms with van der Waals surface area (Å²) in [5.74, 6) is 0.824. The van der Waals surface area contributed by atoms with Gasteiger partial charge in [-0.1, -0.05) is 11.6 Å². The number of nitrogens with one attached hydrogen (secondary N) is 1. The number of halogens is 1. The van der Waals surface area contributed by atoms with Crippen molar-refractivity contribution < 1.29 is 4.79 Å². The minimum absolute atomic E-state index is 0.0733. The molecule has 0 bridgehead atoms. The van der Waals surface area contributed by atoms with Crippen LogP contribution in [-0.4, -0.2) is 44.8 Å². The molecule has 27 heavy (non-hydrogen) atoms. The number of aromatic nitrogens is 4. The summed E-state index contributed by atoms with van der Waals surface area (Å²) >= 11 is 6.15. The molecular weight excluding hydrogens is 364 g/mol. The topological polar surface area (TPSA) is 75.9 Å². The fraction of sp³-hybridized carbons (Fsp3) is 0.368. The Labute approximate surface area is 162 Å². The Bertz CT molecular complexity index is 993. The van der Waals surface area contributed by atoms with Crippen LogP contribution in [0.5, 0.6) is 0 Å². The summed E-state index contributed by atoms with van der Waals surface area (Å²) in [6.07, 6.45) is 3.30. The number of aryl methyl sites for hydroxylation is 2. The molecule has 1 aromatic carbocycles. The van der Waals surface area contributed by atoms with Gasteiger partial charge >= 0.3 is 0 Å². The van der Waals surface area contributed by atoms with Gasteiger partial charge in [-0.25, -0.2) is 9.97 Å². The third kappa shape index (κ3) is 3.60. The zero-order valence-corrected chi connectivity index (χ0v) is 16.1. The van der Waals surface area contributed by atoms with Gasteiger partial charge in [-0.2, -0.15) is 5.10 Å². The van der Waals surface area contributed by atoms with Gasteiger partial charge in [0.15, 0.2) is 0 Å². The third-order valence-electron chi connectivity index (χ3n) is 4.94. The number of carbonyl (C=O) groups is 1. The zero-order chi connectivity index (χ0) is 19.0. The molecule has 0 atom stereocenters. The molecule has 0 aliphatic carbocycles.